The van der Waals surface area contributed by atoms with E-state index in [4.69, 9.17) is 4.74 Å². The van der Waals surface area contributed by atoms with Crippen LogP contribution in [0.1, 0.15) is 18.9 Å². The molecule has 21 heavy (non-hydrogen) atoms. The normalized spacial score (nSPS) is 18.3. The molecule has 1 aliphatic rings. The van der Waals surface area contributed by atoms with E-state index in [2.05, 4.69) is 20.2 Å². The Balaban J connectivity index is 0.00000220. The molecule has 0 aromatic carbocycles. The minimum Gasteiger partial charge on any atom is -0.481 e. The maximum atomic E-state index is 9.63. The number of pyridine rings is 1. The zero-order valence-electron chi connectivity index (χ0n) is 12.5. The van der Waals surface area contributed by atoms with Gasteiger partial charge in [0.25, 0.3) is 0 Å². The number of hydrogen-bond acceptors (Lipinski definition) is 4. The van der Waals surface area contributed by atoms with Gasteiger partial charge in [-0.25, -0.2) is 9.98 Å². The van der Waals surface area contributed by atoms with Crippen LogP contribution in [0.5, 0.6) is 5.88 Å². The number of halogens is 1. The fourth-order valence-electron chi connectivity index (χ4n) is 2.25. The highest BCUT2D eigenvalue weighted by Gasteiger charge is 2.22. The first-order valence-corrected chi connectivity index (χ1v) is 6.93. The van der Waals surface area contributed by atoms with Crippen LogP contribution >= 0.6 is 24.0 Å². The van der Waals surface area contributed by atoms with Gasteiger partial charge in [-0.1, -0.05) is 6.07 Å². The van der Waals surface area contributed by atoms with Gasteiger partial charge < -0.3 is 20.1 Å². The van der Waals surface area contributed by atoms with Crippen molar-refractivity contribution in [1.82, 2.24) is 15.2 Å². The van der Waals surface area contributed by atoms with Gasteiger partial charge in [0.1, 0.15) is 0 Å². The molecule has 1 aromatic heterocycles. The van der Waals surface area contributed by atoms with Crippen LogP contribution in [0.25, 0.3) is 0 Å². The summed E-state index contributed by atoms with van der Waals surface area (Å²) in [7, 11) is 1.61. The fraction of sp³-hybridized carbons (Fsp3) is 0.571. The van der Waals surface area contributed by atoms with Crippen molar-refractivity contribution >= 4 is 29.9 Å². The van der Waals surface area contributed by atoms with Crippen LogP contribution in [-0.2, 0) is 6.54 Å². The molecule has 1 aromatic rings. The van der Waals surface area contributed by atoms with Crippen LogP contribution in [-0.4, -0.2) is 53.8 Å². The maximum Gasteiger partial charge on any atom is 0.218 e. The molecule has 1 saturated heterocycles. The van der Waals surface area contributed by atoms with Crippen molar-refractivity contribution in [2.75, 3.05) is 26.7 Å². The zero-order chi connectivity index (χ0) is 14.4. The molecule has 0 saturated carbocycles. The summed E-state index contributed by atoms with van der Waals surface area (Å²) in [5.41, 5.74) is 0.949. The van der Waals surface area contributed by atoms with Gasteiger partial charge in [-0.2, -0.15) is 0 Å². The topological polar surface area (TPSA) is 70.0 Å². The van der Waals surface area contributed by atoms with E-state index >= 15 is 0 Å². The number of guanidine groups is 1. The minimum atomic E-state index is -0.258. The maximum absolute atomic E-state index is 9.63. The number of aliphatic hydroxyl groups is 1. The highest BCUT2D eigenvalue weighted by atomic mass is 127. The Hall–Kier alpha value is -1.09. The lowest BCUT2D eigenvalue weighted by molar-refractivity contribution is 0.188. The molecule has 1 fully saturated rings. The Morgan fingerprint density at radius 2 is 2.43 bits per heavy atom. The van der Waals surface area contributed by atoms with E-state index in [0.29, 0.717) is 19.0 Å². The van der Waals surface area contributed by atoms with Crippen molar-refractivity contribution in [3.63, 3.8) is 0 Å². The van der Waals surface area contributed by atoms with Crippen LogP contribution in [0.3, 0.4) is 0 Å². The fourth-order valence-corrected chi connectivity index (χ4v) is 2.25. The van der Waals surface area contributed by atoms with Crippen LogP contribution < -0.4 is 10.1 Å². The summed E-state index contributed by atoms with van der Waals surface area (Å²) in [6.07, 6.45) is 2.24. The highest BCUT2D eigenvalue weighted by molar-refractivity contribution is 14.0. The molecular formula is C14H23IN4O2. The molecule has 0 aliphatic carbocycles. The van der Waals surface area contributed by atoms with Crippen LogP contribution in [0.15, 0.2) is 23.3 Å². The lowest BCUT2D eigenvalue weighted by Crippen LogP contribution is -2.40. The SMILES string of the molecule is CCNC(=NCc1cccnc1OC)N1CC[C@@H](O)C1.I. The van der Waals surface area contributed by atoms with Crippen LogP contribution in [0, 0.1) is 0 Å². The Bertz CT molecular complexity index is 470. The number of aliphatic imine (C=N–C) groups is 1. The highest BCUT2D eigenvalue weighted by Crippen LogP contribution is 2.15. The van der Waals surface area contributed by atoms with Gasteiger partial charge in [0, 0.05) is 31.4 Å². The van der Waals surface area contributed by atoms with Crippen molar-refractivity contribution < 1.29 is 9.84 Å². The van der Waals surface area contributed by atoms with Gasteiger partial charge in [0.15, 0.2) is 5.96 Å². The van der Waals surface area contributed by atoms with Crippen molar-refractivity contribution in [1.29, 1.82) is 0 Å². The van der Waals surface area contributed by atoms with Gasteiger partial charge >= 0.3 is 0 Å². The zero-order valence-corrected chi connectivity index (χ0v) is 14.8. The minimum absolute atomic E-state index is 0. The number of likely N-dealkylation sites (tertiary alicyclic amines) is 1. The largest absolute Gasteiger partial charge is 0.481 e. The van der Waals surface area contributed by atoms with Crippen LogP contribution in [0.2, 0.25) is 0 Å². The summed E-state index contributed by atoms with van der Waals surface area (Å²) >= 11 is 0. The molecule has 1 atom stereocenters. The number of aliphatic hydroxyl groups excluding tert-OH is 1. The van der Waals surface area contributed by atoms with Gasteiger partial charge in [0.2, 0.25) is 5.88 Å². The predicted molar refractivity (Wildman–Crippen MR) is 93.2 cm³/mol. The van der Waals surface area contributed by atoms with Crippen molar-refractivity contribution in [2.24, 2.45) is 4.99 Å². The van der Waals surface area contributed by atoms with E-state index in [1.807, 2.05) is 19.1 Å². The lowest BCUT2D eigenvalue weighted by Gasteiger charge is -2.21. The third kappa shape index (κ3) is 4.99. The Labute approximate surface area is 142 Å². The second-order valence-corrected chi connectivity index (χ2v) is 4.73. The summed E-state index contributed by atoms with van der Waals surface area (Å²) in [6.45, 7) is 4.81. The Morgan fingerprint density at radius 3 is 3.05 bits per heavy atom. The summed E-state index contributed by atoms with van der Waals surface area (Å²) in [5.74, 6) is 1.43. The summed E-state index contributed by atoms with van der Waals surface area (Å²) in [6, 6.07) is 3.83. The number of hydrogen-bond donors (Lipinski definition) is 2. The molecule has 6 nitrogen and oxygen atoms in total. The van der Waals surface area contributed by atoms with E-state index in [1.165, 1.54) is 0 Å². The molecule has 7 heteroatoms. The average molecular weight is 406 g/mol. The van der Waals surface area contributed by atoms with Gasteiger partial charge in [0.05, 0.1) is 19.8 Å². The smallest absolute Gasteiger partial charge is 0.218 e. The van der Waals surface area contributed by atoms with E-state index in [0.717, 1.165) is 31.0 Å². The molecule has 0 radical (unpaired) electrons. The second-order valence-electron chi connectivity index (χ2n) is 4.73. The monoisotopic (exact) mass is 406 g/mol. The third-order valence-corrected chi connectivity index (χ3v) is 3.24. The quantitative estimate of drug-likeness (QED) is 0.448. The number of rotatable bonds is 4. The number of nitrogens with zero attached hydrogens (tertiary/aromatic N) is 3. The van der Waals surface area contributed by atoms with Gasteiger partial charge in [-0.15, -0.1) is 24.0 Å². The molecule has 0 spiro atoms. The second kappa shape index (κ2) is 9.04. The summed E-state index contributed by atoms with van der Waals surface area (Å²) in [5, 5.41) is 12.9. The van der Waals surface area contributed by atoms with Crippen molar-refractivity contribution in [3.8, 4) is 5.88 Å². The molecule has 0 amide bonds. The van der Waals surface area contributed by atoms with E-state index in [1.54, 1.807) is 13.3 Å². The number of β-amino-alcohol motifs (C(OH)–C–C–N with tert-alkyl or cyclic N) is 1. The first-order chi connectivity index (χ1) is 9.74. The molecule has 2 heterocycles. The predicted octanol–water partition coefficient (Wildman–Crippen LogP) is 1.24. The Morgan fingerprint density at radius 1 is 1.62 bits per heavy atom. The van der Waals surface area contributed by atoms with Gasteiger partial charge in [-0.05, 0) is 19.4 Å². The number of nitrogens with one attached hydrogen (secondary N) is 1. The Kier molecular flexibility index (Phi) is 7.73. The third-order valence-electron chi connectivity index (χ3n) is 3.24. The number of aromatic nitrogens is 1. The van der Waals surface area contributed by atoms with Crippen molar-refractivity contribution in [2.45, 2.75) is 26.0 Å². The van der Waals surface area contributed by atoms with E-state index < -0.39 is 0 Å². The van der Waals surface area contributed by atoms with E-state index in [9.17, 15) is 5.11 Å². The average Bonchev–Trinajstić information content (AvgIpc) is 2.90. The molecule has 118 valence electrons. The van der Waals surface area contributed by atoms with Crippen LogP contribution in [0.4, 0.5) is 0 Å². The molecule has 1 aliphatic heterocycles. The molecular weight excluding hydrogens is 383 g/mol. The molecule has 2 rings (SSSR count). The molecule has 0 bridgehead atoms. The lowest BCUT2D eigenvalue weighted by atomic mass is 10.3. The number of methoxy groups -OCH3 is 1. The van der Waals surface area contributed by atoms with Gasteiger partial charge in [-0.3, -0.25) is 0 Å². The standard InChI is InChI=1S/C14H22N4O2.HI/c1-3-15-14(18-8-6-12(19)10-18)17-9-11-5-4-7-16-13(11)20-2;/h4-5,7,12,19H,3,6,8-10H2,1-2H3,(H,15,17);1H/t12-;/m1./s1. The summed E-state index contributed by atoms with van der Waals surface area (Å²) < 4.78 is 5.23. The number of ether oxygens (including phenoxy) is 1. The molecule has 2 N–H and O–H groups in total. The van der Waals surface area contributed by atoms with Crippen molar-refractivity contribution in [3.05, 3.63) is 23.9 Å². The van der Waals surface area contributed by atoms with E-state index in [-0.39, 0.29) is 30.1 Å². The first kappa shape index (κ1) is 18.0. The molecule has 0 unspecified atom stereocenters. The first-order valence-electron chi connectivity index (χ1n) is 6.93. The summed E-state index contributed by atoms with van der Waals surface area (Å²) in [4.78, 5) is 10.9.